The Hall–Kier alpha value is -1.90. The summed E-state index contributed by atoms with van der Waals surface area (Å²) in [5.41, 5.74) is 0.893. The summed E-state index contributed by atoms with van der Waals surface area (Å²) in [6.07, 6.45) is 11.6. The SMILES string of the molecule is CCCC(C(=O)C1(c2ccccc2)CCCC1)n1ccnc1. The van der Waals surface area contributed by atoms with Crippen molar-refractivity contribution in [2.45, 2.75) is 56.9 Å². The van der Waals surface area contributed by atoms with Gasteiger partial charge in [0.1, 0.15) is 0 Å². The highest BCUT2D eigenvalue weighted by Crippen LogP contribution is 2.44. The summed E-state index contributed by atoms with van der Waals surface area (Å²) in [6.45, 7) is 2.14. The third-order valence-electron chi connectivity index (χ3n) is 5.00. The van der Waals surface area contributed by atoms with Crippen LogP contribution in [-0.2, 0) is 10.2 Å². The van der Waals surface area contributed by atoms with Gasteiger partial charge in [0.05, 0.1) is 17.8 Å². The highest BCUT2D eigenvalue weighted by molar-refractivity contribution is 5.93. The second-order valence-corrected chi connectivity index (χ2v) is 6.33. The molecule has 0 N–H and O–H groups in total. The van der Waals surface area contributed by atoms with Gasteiger partial charge in [0.25, 0.3) is 0 Å². The number of hydrogen-bond donors (Lipinski definition) is 0. The van der Waals surface area contributed by atoms with E-state index in [-0.39, 0.29) is 11.5 Å². The molecule has 22 heavy (non-hydrogen) atoms. The molecule has 3 rings (SSSR count). The van der Waals surface area contributed by atoms with Crippen LogP contribution in [0.5, 0.6) is 0 Å². The first-order chi connectivity index (χ1) is 10.8. The van der Waals surface area contributed by atoms with E-state index in [9.17, 15) is 4.79 Å². The molecule has 0 amide bonds. The van der Waals surface area contributed by atoms with Gasteiger partial charge in [0.15, 0.2) is 5.78 Å². The van der Waals surface area contributed by atoms with Gasteiger partial charge in [-0.2, -0.15) is 0 Å². The fourth-order valence-corrected chi connectivity index (χ4v) is 3.87. The fraction of sp³-hybridized carbons (Fsp3) is 0.474. The minimum atomic E-state index is -0.300. The number of rotatable bonds is 6. The Balaban J connectivity index is 1.99. The molecule has 0 aliphatic heterocycles. The normalized spacial score (nSPS) is 18.2. The quantitative estimate of drug-likeness (QED) is 0.796. The van der Waals surface area contributed by atoms with Crippen molar-refractivity contribution in [2.24, 2.45) is 0 Å². The molecule has 0 saturated heterocycles. The van der Waals surface area contributed by atoms with Crippen LogP contribution >= 0.6 is 0 Å². The molecule has 1 atom stereocenters. The Kier molecular flexibility index (Phi) is 4.41. The first-order valence-corrected chi connectivity index (χ1v) is 8.35. The van der Waals surface area contributed by atoms with Crippen molar-refractivity contribution >= 4 is 5.78 Å². The molecule has 0 spiro atoms. The number of benzene rings is 1. The average Bonchev–Trinajstić information content (AvgIpc) is 3.25. The molecule has 1 fully saturated rings. The van der Waals surface area contributed by atoms with Crippen LogP contribution in [0.3, 0.4) is 0 Å². The van der Waals surface area contributed by atoms with Crippen molar-refractivity contribution in [1.82, 2.24) is 9.55 Å². The van der Waals surface area contributed by atoms with Crippen LogP contribution in [0.1, 0.15) is 57.1 Å². The molecule has 1 aliphatic rings. The molecular formula is C19H24N2O. The van der Waals surface area contributed by atoms with Gasteiger partial charge in [-0.1, -0.05) is 56.5 Å². The Morgan fingerprint density at radius 3 is 2.59 bits per heavy atom. The first-order valence-electron chi connectivity index (χ1n) is 8.35. The highest BCUT2D eigenvalue weighted by atomic mass is 16.1. The second kappa shape index (κ2) is 6.47. The van der Waals surface area contributed by atoms with Crippen molar-refractivity contribution in [3.63, 3.8) is 0 Å². The van der Waals surface area contributed by atoms with Crippen LogP contribution < -0.4 is 0 Å². The van der Waals surface area contributed by atoms with Gasteiger partial charge in [-0.15, -0.1) is 0 Å². The summed E-state index contributed by atoms with van der Waals surface area (Å²) >= 11 is 0. The molecule has 1 aromatic carbocycles. The molecule has 0 bridgehead atoms. The minimum Gasteiger partial charge on any atom is -0.327 e. The summed E-state index contributed by atoms with van der Waals surface area (Å²) in [4.78, 5) is 17.6. The summed E-state index contributed by atoms with van der Waals surface area (Å²) in [7, 11) is 0. The number of aromatic nitrogens is 2. The molecule has 3 heteroatoms. The third-order valence-corrected chi connectivity index (χ3v) is 5.00. The Bertz CT molecular complexity index is 598. The van der Waals surface area contributed by atoms with E-state index in [1.54, 1.807) is 12.5 Å². The number of imidazole rings is 1. The molecule has 116 valence electrons. The topological polar surface area (TPSA) is 34.9 Å². The lowest BCUT2D eigenvalue weighted by Crippen LogP contribution is -2.38. The lowest BCUT2D eigenvalue weighted by molar-refractivity contribution is -0.128. The third kappa shape index (κ3) is 2.60. The first kappa shape index (κ1) is 15.0. The zero-order chi connectivity index (χ0) is 15.4. The van der Waals surface area contributed by atoms with Crippen LogP contribution in [0.4, 0.5) is 0 Å². The van der Waals surface area contributed by atoms with Gasteiger partial charge < -0.3 is 4.57 Å². The lowest BCUT2D eigenvalue weighted by atomic mass is 9.72. The zero-order valence-electron chi connectivity index (χ0n) is 13.2. The number of carbonyl (C=O) groups excluding carboxylic acids is 1. The van der Waals surface area contributed by atoms with Gasteiger partial charge in [0.2, 0.25) is 0 Å². The fourth-order valence-electron chi connectivity index (χ4n) is 3.87. The van der Waals surface area contributed by atoms with E-state index < -0.39 is 0 Å². The summed E-state index contributed by atoms with van der Waals surface area (Å²) in [5, 5.41) is 0. The maximum atomic E-state index is 13.5. The van der Waals surface area contributed by atoms with Gasteiger partial charge >= 0.3 is 0 Å². The van der Waals surface area contributed by atoms with Crippen LogP contribution in [0.25, 0.3) is 0 Å². The summed E-state index contributed by atoms with van der Waals surface area (Å²) in [5.74, 6) is 0.371. The van der Waals surface area contributed by atoms with E-state index in [0.29, 0.717) is 5.78 Å². The smallest absolute Gasteiger partial charge is 0.166 e. The van der Waals surface area contributed by atoms with E-state index in [1.165, 1.54) is 5.56 Å². The zero-order valence-corrected chi connectivity index (χ0v) is 13.2. The average molecular weight is 296 g/mol. The van der Waals surface area contributed by atoms with E-state index in [4.69, 9.17) is 0 Å². The Morgan fingerprint density at radius 1 is 1.27 bits per heavy atom. The van der Waals surface area contributed by atoms with Gasteiger partial charge in [0, 0.05) is 12.4 Å². The van der Waals surface area contributed by atoms with E-state index >= 15 is 0 Å². The predicted molar refractivity (Wildman–Crippen MR) is 87.8 cm³/mol. The summed E-state index contributed by atoms with van der Waals surface area (Å²) in [6, 6.07) is 10.3. The lowest BCUT2D eigenvalue weighted by Gasteiger charge is -2.32. The van der Waals surface area contributed by atoms with Crippen LogP contribution in [0, 0.1) is 0 Å². The van der Waals surface area contributed by atoms with Gasteiger partial charge in [-0.05, 0) is 24.8 Å². The van der Waals surface area contributed by atoms with E-state index in [1.807, 2.05) is 16.8 Å². The number of nitrogens with zero attached hydrogens (tertiary/aromatic N) is 2. The molecule has 2 aromatic rings. The molecule has 0 radical (unpaired) electrons. The number of ketones is 1. The van der Waals surface area contributed by atoms with Crippen molar-refractivity contribution < 1.29 is 4.79 Å². The predicted octanol–water partition coefficient (Wildman–Crippen LogP) is 4.31. The maximum Gasteiger partial charge on any atom is 0.166 e. The Labute approximate surface area is 132 Å². The minimum absolute atomic E-state index is 0.0918. The monoisotopic (exact) mass is 296 g/mol. The largest absolute Gasteiger partial charge is 0.327 e. The summed E-state index contributed by atoms with van der Waals surface area (Å²) < 4.78 is 1.99. The highest BCUT2D eigenvalue weighted by Gasteiger charge is 2.45. The van der Waals surface area contributed by atoms with Crippen molar-refractivity contribution in [3.05, 3.63) is 54.6 Å². The molecular weight excluding hydrogens is 272 g/mol. The standard InChI is InChI=1S/C19H24N2O/c1-2-8-17(21-14-13-20-15-21)18(22)19(11-6-7-12-19)16-9-4-3-5-10-16/h3-5,9-10,13-15,17H,2,6-8,11-12H2,1H3. The molecule has 1 aromatic heterocycles. The molecule has 1 heterocycles. The molecule has 1 unspecified atom stereocenters. The molecule has 1 saturated carbocycles. The van der Waals surface area contributed by atoms with Crippen LogP contribution in [0.15, 0.2) is 49.1 Å². The van der Waals surface area contributed by atoms with Crippen LogP contribution in [-0.4, -0.2) is 15.3 Å². The number of Topliss-reactive ketones (excluding diaryl/α,β-unsaturated/α-hetero) is 1. The Morgan fingerprint density at radius 2 is 2.00 bits per heavy atom. The van der Waals surface area contributed by atoms with Crippen molar-refractivity contribution in [3.8, 4) is 0 Å². The molecule has 3 nitrogen and oxygen atoms in total. The second-order valence-electron chi connectivity index (χ2n) is 6.33. The van der Waals surface area contributed by atoms with Crippen LogP contribution in [0.2, 0.25) is 0 Å². The van der Waals surface area contributed by atoms with Gasteiger partial charge in [-0.3, -0.25) is 4.79 Å². The van der Waals surface area contributed by atoms with E-state index in [2.05, 4.69) is 36.2 Å². The number of hydrogen-bond acceptors (Lipinski definition) is 2. The van der Waals surface area contributed by atoms with E-state index in [0.717, 1.165) is 38.5 Å². The van der Waals surface area contributed by atoms with Crippen molar-refractivity contribution in [2.75, 3.05) is 0 Å². The maximum absolute atomic E-state index is 13.5. The number of carbonyl (C=O) groups is 1. The van der Waals surface area contributed by atoms with Crippen molar-refractivity contribution in [1.29, 1.82) is 0 Å². The molecule has 1 aliphatic carbocycles. The van der Waals surface area contributed by atoms with Gasteiger partial charge in [-0.25, -0.2) is 4.98 Å².